The van der Waals surface area contributed by atoms with Crippen LogP contribution in [-0.2, 0) is 14.3 Å². The Kier molecular flexibility index (Phi) is 6.30. The number of aliphatic hydroxyl groups is 1. The number of nitrogens with one attached hydrogen (secondary N) is 3. The molecule has 1 aromatic heterocycles. The monoisotopic (exact) mass is 456 g/mol. The van der Waals surface area contributed by atoms with Gasteiger partial charge in [-0.25, -0.2) is 4.39 Å². The Labute approximate surface area is 189 Å². The summed E-state index contributed by atoms with van der Waals surface area (Å²) < 4.78 is 19.0. The zero-order valence-electron chi connectivity index (χ0n) is 18.3. The number of H-pyrrole nitrogens is 1. The molecule has 0 saturated carbocycles. The van der Waals surface area contributed by atoms with E-state index in [1.54, 1.807) is 24.8 Å². The van der Waals surface area contributed by atoms with Gasteiger partial charge in [0, 0.05) is 35.7 Å². The predicted molar refractivity (Wildman–Crippen MR) is 119 cm³/mol. The van der Waals surface area contributed by atoms with Crippen molar-refractivity contribution in [1.29, 1.82) is 0 Å². The van der Waals surface area contributed by atoms with Crippen molar-refractivity contribution in [3.8, 4) is 0 Å². The SMILES string of the molecule is Cc1[nH]c(/C=C2\C(=O)Nc3ccc(F)cc32)c(C)c1C(=O)N[C@H](CO)C(=O)N1CCOCC1. The summed E-state index contributed by atoms with van der Waals surface area (Å²) in [6.45, 7) is 4.49. The van der Waals surface area contributed by atoms with Crippen LogP contribution in [0.2, 0.25) is 0 Å². The highest BCUT2D eigenvalue weighted by Crippen LogP contribution is 2.34. The van der Waals surface area contributed by atoms with E-state index in [0.717, 1.165) is 0 Å². The molecule has 2 aliphatic rings. The number of carbonyl (C=O) groups is 3. The average molecular weight is 456 g/mol. The molecule has 3 heterocycles. The van der Waals surface area contributed by atoms with Gasteiger partial charge in [-0.1, -0.05) is 0 Å². The predicted octanol–water partition coefficient (Wildman–Crippen LogP) is 1.21. The van der Waals surface area contributed by atoms with Gasteiger partial charge in [0.1, 0.15) is 11.9 Å². The molecule has 0 bridgehead atoms. The van der Waals surface area contributed by atoms with Gasteiger partial charge in [0.25, 0.3) is 11.8 Å². The molecule has 4 N–H and O–H groups in total. The Hall–Kier alpha value is -3.50. The number of fused-ring (bicyclic) bond motifs is 1. The van der Waals surface area contributed by atoms with Crippen molar-refractivity contribution in [2.45, 2.75) is 19.9 Å². The van der Waals surface area contributed by atoms with Crippen LogP contribution in [-0.4, -0.2) is 71.7 Å². The molecule has 174 valence electrons. The van der Waals surface area contributed by atoms with E-state index in [1.165, 1.54) is 18.2 Å². The van der Waals surface area contributed by atoms with Crippen molar-refractivity contribution in [2.75, 3.05) is 38.2 Å². The number of amides is 3. The third-order valence-corrected chi connectivity index (χ3v) is 5.87. The molecule has 1 fully saturated rings. The fraction of sp³-hybridized carbons (Fsp3) is 0.348. The molecule has 10 heteroatoms. The van der Waals surface area contributed by atoms with Gasteiger partial charge >= 0.3 is 0 Å². The van der Waals surface area contributed by atoms with Gasteiger partial charge in [-0.2, -0.15) is 0 Å². The van der Waals surface area contributed by atoms with Crippen molar-refractivity contribution in [3.63, 3.8) is 0 Å². The van der Waals surface area contributed by atoms with Gasteiger partial charge in [-0.3, -0.25) is 14.4 Å². The molecular weight excluding hydrogens is 431 g/mol. The Morgan fingerprint density at radius 2 is 2.03 bits per heavy atom. The molecule has 33 heavy (non-hydrogen) atoms. The normalized spacial score (nSPS) is 17.6. The number of aromatic nitrogens is 1. The zero-order valence-corrected chi connectivity index (χ0v) is 18.3. The molecule has 1 aromatic carbocycles. The minimum atomic E-state index is -1.08. The fourth-order valence-electron chi connectivity index (χ4n) is 4.13. The number of benzene rings is 1. The summed E-state index contributed by atoms with van der Waals surface area (Å²) in [5.74, 6) is -1.72. The molecule has 9 nitrogen and oxygen atoms in total. The number of morpholine rings is 1. The summed E-state index contributed by atoms with van der Waals surface area (Å²) in [7, 11) is 0. The Balaban J connectivity index is 1.58. The largest absolute Gasteiger partial charge is 0.394 e. The van der Waals surface area contributed by atoms with Gasteiger partial charge in [0.2, 0.25) is 5.91 Å². The van der Waals surface area contributed by atoms with E-state index >= 15 is 0 Å². The number of ether oxygens (including phenoxy) is 1. The number of halogens is 1. The summed E-state index contributed by atoms with van der Waals surface area (Å²) in [6, 6.07) is 2.96. The van der Waals surface area contributed by atoms with Crippen molar-refractivity contribution < 1.29 is 28.6 Å². The van der Waals surface area contributed by atoms with Crippen LogP contribution in [0.5, 0.6) is 0 Å². The zero-order chi connectivity index (χ0) is 23.7. The maximum Gasteiger partial charge on any atom is 0.256 e. The summed E-state index contributed by atoms with van der Waals surface area (Å²) in [4.78, 5) is 42.8. The van der Waals surface area contributed by atoms with Crippen LogP contribution in [0.4, 0.5) is 10.1 Å². The molecule has 1 atom stereocenters. The number of anilines is 1. The summed E-state index contributed by atoms with van der Waals surface area (Å²) in [5, 5.41) is 15.0. The lowest BCUT2D eigenvalue weighted by atomic mass is 10.0. The van der Waals surface area contributed by atoms with Crippen LogP contribution >= 0.6 is 0 Å². The first-order valence-electron chi connectivity index (χ1n) is 10.6. The number of carbonyl (C=O) groups excluding carboxylic acids is 3. The first kappa shape index (κ1) is 22.7. The van der Waals surface area contributed by atoms with E-state index in [0.29, 0.717) is 60.1 Å². The van der Waals surface area contributed by atoms with Crippen LogP contribution in [0.3, 0.4) is 0 Å². The van der Waals surface area contributed by atoms with Crippen LogP contribution < -0.4 is 10.6 Å². The van der Waals surface area contributed by atoms with Crippen molar-refractivity contribution in [3.05, 3.63) is 52.1 Å². The fourth-order valence-corrected chi connectivity index (χ4v) is 4.13. The first-order chi connectivity index (χ1) is 15.8. The Bertz CT molecular complexity index is 1150. The number of nitrogens with zero attached hydrogens (tertiary/aromatic N) is 1. The van der Waals surface area contributed by atoms with E-state index in [-0.39, 0.29) is 17.4 Å². The molecular formula is C23H25FN4O5. The lowest BCUT2D eigenvalue weighted by Gasteiger charge is -2.30. The maximum atomic E-state index is 13.7. The number of aromatic amines is 1. The van der Waals surface area contributed by atoms with Crippen LogP contribution in [0, 0.1) is 19.7 Å². The second-order valence-electron chi connectivity index (χ2n) is 8.01. The van der Waals surface area contributed by atoms with Crippen molar-refractivity contribution in [1.82, 2.24) is 15.2 Å². The van der Waals surface area contributed by atoms with Crippen LogP contribution in [0.25, 0.3) is 11.6 Å². The highest BCUT2D eigenvalue weighted by atomic mass is 19.1. The molecule has 0 radical (unpaired) electrons. The minimum absolute atomic E-state index is 0.275. The summed E-state index contributed by atoms with van der Waals surface area (Å²) in [6.07, 6.45) is 1.57. The molecule has 0 spiro atoms. The molecule has 4 rings (SSSR count). The second kappa shape index (κ2) is 9.16. The topological polar surface area (TPSA) is 124 Å². The van der Waals surface area contributed by atoms with Gasteiger partial charge in [-0.15, -0.1) is 0 Å². The minimum Gasteiger partial charge on any atom is -0.394 e. The summed E-state index contributed by atoms with van der Waals surface area (Å²) >= 11 is 0. The smallest absolute Gasteiger partial charge is 0.256 e. The molecule has 3 amide bonds. The molecule has 0 unspecified atom stereocenters. The van der Waals surface area contributed by atoms with Gasteiger partial charge in [-0.05, 0) is 43.7 Å². The second-order valence-corrected chi connectivity index (χ2v) is 8.01. The third-order valence-electron chi connectivity index (χ3n) is 5.87. The van der Waals surface area contributed by atoms with Crippen LogP contribution in [0.1, 0.15) is 32.9 Å². The Morgan fingerprint density at radius 1 is 1.30 bits per heavy atom. The lowest BCUT2D eigenvalue weighted by Crippen LogP contribution is -2.53. The lowest BCUT2D eigenvalue weighted by molar-refractivity contribution is -0.138. The molecule has 0 aliphatic carbocycles. The maximum absolute atomic E-state index is 13.7. The van der Waals surface area contributed by atoms with Crippen LogP contribution in [0.15, 0.2) is 18.2 Å². The highest BCUT2D eigenvalue weighted by Gasteiger charge is 2.29. The van der Waals surface area contributed by atoms with Crippen molar-refractivity contribution in [2.24, 2.45) is 0 Å². The van der Waals surface area contributed by atoms with E-state index in [9.17, 15) is 23.9 Å². The molecule has 2 aliphatic heterocycles. The van der Waals surface area contributed by atoms with E-state index in [4.69, 9.17) is 4.74 Å². The van der Waals surface area contributed by atoms with Gasteiger partial charge < -0.3 is 30.4 Å². The summed E-state index contributed by atoms with van der Waals surface area (Å²) in [5.41, 5.74) is 3.15. The number of rotatable bonds is 5. The first-order valence-corrected chi connectivity index (χ1v) is 10.6. The standard InChI is InChI=1S/C23H25FN4O5/c1-12-18(10-16-15-9-14(24)3-4-17(15)26-21(16)30)25-13(2)20(12)22(31)27-19(11-29)23(32)28-5-7-33-8-6-28/h3-4,9-10,19,25,29H,5-8,11H2,1-2H3,(H,26,30)(H,27,31)/b16-10-/t19-/m1/s1. The quantitative estimate of drug-likeness (QED) is 0.504. The highest BCUT2D eigenvalue weighted by molar-refractivity contribution is 6.34. The van der Waals surface area contributed by atoms with Gasteiger partial charge in [0.05, 0.1) is 31.0 Å². The third kappa shape index (κ3) is 4.39. The molecule has 1 saturated heterocycles. The molecule has 2 aromatic rings. The number of hydrogen-bond acceptors (Lipinski definition) is 5. The number of aryl methyl sites for hydroxylation is 1. The average Bonchev–Trinajstić information content (AvgIpc) is 3.26. The number of aliphatic hydroxyl groups excluding tert-OH is 1. The number of hydrogen-bond donors (Lipinski definition) is 4. The van der Waals surface area contributed by atoms with Crippen molar-refractivity contribution >= 4 is 35.1 Å². The van der Waals surface area contributed by atoms with E-state index < -0.39 is 24.4 Å². The Morgan fingerprint density at radius 3 is 2.73 bits per heavy atom. The van der Waals surface area contributed by atoms with Gasteiger partial charge in [0.15, 0.2) is 0 Å². The van der Waals surface area contributed by atoms with E-state index in [2.05, 4.69) is 15.6 Å². The van der Waals surface area contributed by atoms with E-state index in [1.807, 2.05) is 0 Å².